The standard InChI is InChI=1S/C14H18F2N2O2/c15-14(16)20-12-6-4-11(5-7-12)18-13(19)9-2-1-3-10(17)8-9/h4-7,9-10,14H,1-3,8,17H2,(H,18,19). The zero-order valence-corrected chi connectivity index (χ0v) is 11.0. The Morgan fingerprint density at radius 2 is 2.00 bits per heavy atom. The van der Waals surface area contributed by atoms with Gasteiger partial charge in [-0.2, -0.15) is 8.78 Å². The lowest BCUT2D eigenvalue weighted by atomic mass is 9.85. The second kappa shape index (κ2) is 6.65. The minimum Gasteiger partial charge on any atom is -0.435 e. The summed E-state index contributed by atoms with van der Waals surface area (Å²) in [5.41, 5.74) is 6.42. The Balaban J connectivity index is 1.90. The van der Waals surface area contributed by atoms with E-state index in [0.29, 0.717) is 12.1 Å². The average molecular weight is 284 g/mol. The predicted molar refractivity (Wildman–Crippen MR) is 71.6 cm³/mol. The lowest BCUT2D eigenvalue weighted by Crippen LogP contribution is -2.34. The second-order valence-corrected chi connectivity index (χ2v) is 5.02. The maximum absolute atomic E-state index is 12.1. The van der Waals surface area contributed by atoms with Gasteiger partial charge in [0.25, 0.3) is 0 Å². The summed E-state index contributed by atoms with van der Waals surface area (Å²) in [6.45, 7) is -2.85. The Morgan fingerprint density at radius 1 is 1.30 bits per heavy atom. The summed E-state index contributed by atoms with van der Waals surface area (Å²) in [5.74, 6) is -0.0730. The number of amides is 1. The van der Waals surface area contributed by atoms with E-state index < -0.39 is 6.61 Å². The first-order valence-electron chi connectivity index (χ1n) is 6.66. The molecule has 2 unspecified atom stereocenters. The van der Waals surface area contributed by atoms with Crippen LogP contribution in [-0.2, 0) is 4.79 Å². The van der Waals surface area contributed by atoms with Gasteiger partial charge in [0, 0.05) is 17.6 Å². The molecule has 0 heterocycles. The van der Waals surface area contributed by atoms with Crippen molar-refractivity contribution in [3.8, 4) is 5.75 Å². The number of ether oxygens (including phenoxy) is 1. The van der Waals surface area contributed by atoms with E-state index in [4.69, 9.17) is 5.73 Å². The summed E-state index contributed by atoms with van der Waals surface area (Å²) in [6, 6.07) is 5.96. The molecule has 1 fully saturated rings. The van der Waals surface area contributed by atoms with Crippen LogP contribution < -0.4 is 15.8 Å². The van der Waals surface area contributed by atoms with Crippen LogP contribution in [0.15, 0.2) is 24.3 Å². The Bertz CT molecular complexity index is 451. The van der Waals surface area contributed by atoms with Gasteiger partial charge >= 0.3 is 6.61 Å². The third kappa shape index (κ3) is 4.16. The third-order valence-electron chi connectivity index (χ3n) is 3.43. The monoisotopic (exact) mass is 284 g/mol. The summed E-state index contributed by atoms with van der Waals surface area (Å²) in [7, 11) is 0. The van der Waals surface area contributed by atoms with Crippen LogP contribution >= 0.6 is 0 Å². The predicted octanol–water partition coefficient (Wildman–Crippen LogP) is 2.74. The van der Waals surface area contributed by atoms with E-state index in [1.807, 2.05) is 0 Å². The van der Waals surface area contributed by atoms with Crippen molar-refractivity contribution in [1.29, 1.82) is 0 Å². The van der Waals surface area contributed by atoms with E-state index in [0.717, 1.165) is 19.3 Å². The summed E-state index contributed by atoms with van der Waals surface area (Å²) >= 11 is 0. The van der Waals surface area contributed by atoms with Crippen LogP contribution in [0.2, 0.25) is 0 Å². The Morgan fingerprint density at radius 3 is 2.60 bits per heavy atom. The van der Waals surface area contributed by atoms with Gasteiger partial charge in [-0.25, -0.2) is 0 Å². The smallest absolute Gasteiger partial charge is 0.387 e. The molecule has 0 bridgehead atoms. The van der Waals surface area contributed by atoms with Crippen molar-refractivity contribution in [3.63, 3.8) is 0 Å². The molecular formula is C14H18F2N2O2. The summed E-state index contributed by atoms with van der Waals surface area (Å²) in [6.07, 6.45) is 3.45. The highest BCUT2D eigenvalue weighted by Gasteiger charge is 2.25. The molecule has 0 aliphatic heterocycles. The number of anilines is 1. The van der Waals surface area contributed by atoms with Gasteiger partial charge in [0.05, 0.1) is 0 Å². The van der Waals surface area contributed by atoms with Crippen molar-refractivity contribution in [2.45, 2.75) is 38.3 Å². The number of nitrogens with one attached hydrogen (secondary N) is 1. The highest BCUT2D eigenvalue weighted by atomic mass is 19.3. The minimum atomic E-state index is -2.85. The fraction of sp³-hybridized carbons (Fsp3) is 0.500. The first-order valence-corrected chi connectivity index (χ1v) is 6.66. The van der Waals surface area contributed by atoms with Crippen molar-refractivity contribution in [3.05, 3.63) is 24.3 Å². The number of alkyl halides is 2. The molecule has 0 spiro atoms. The first-order chi connectivity index (χ1) is 9.54. The van der Waals surface area contributed by atoms with Gasteiger partial charge in [-0.05, 0) is 43.5 Å². The highest BCUT2D eigenvalue weighted by Crippen LogP contribution is 2.25. The third-order valence-corrected chi connectivity index (χ3v) is 3.43. The van der Waals surface area contributed by atoms with Gasteiger partial charge in [-0.15, -0.1) is 0 Å². The van der Waals surface area contributed by atoms with E-state index in [2.05, 4.69) is 10.1 Å². The zero-order valence-electron chi connectivity index (χ0n) is 11.0. The van der Waals surface area contributed by atoms with Gasteiger partial charge in [-0.1, -0.05) is 6.42 Å². The molecular weight excluding hydrogens is 266 g/mol. The van der Waals surface area contributed by atoms with Crippen LogP contribution in [0.3, 0.4) is 0 Å². The van der Waals surface area contributed by atoms with E-state index in [1.165, 1.54) is 12.1 Å². The maximum atomic E-state index is 12.1. The number of hydrogen-bond acceptors (Lipinski definition) is 3. The number of carbonyl (C=O) groups is 1. The van der Waals surface area contributed by atoms with Gasteiger partial charge in [0.15, 0.2) is 0 Å². The minimum absolute atomic E-state index is 0.0670. The van der Waals surface area contributed by atoms with E-state index in [-0.39, 0.29) is 23.6 Å². The Hall–Kier alpha value is -1.69. The molecule has 2 atom stereocenters. The quantitative estimate of drug-likeness (QED) is 0.893. The summed E-state index contributed by atoms with van der Waals surface area (Å²) < 4.78 is 28.3. The molecule has 0 saturated heterocycles. The number of hydrogen-bond donors (Lipinski definition) is 2. The molecule has 3 N–H and O–H groups in total. The van der Waals surface area contributed by atoms with Crippen LogP contribution in [0, 0.1) is 5.92 Å². The summed E-state index contributed by atoms with van der Waals surface area (Å²) in [5, 5.41) is 2.78. The molecule has 20 heavy (non-hydrogen) atoms. The van der Waals surface area contributed by atoms with Gasteiger partial charge in [0.1, 0.15) is 5.75 Å². The molecule has 0 aromatic heterocycles. The summed E-state index contributed by atoms with van der Waals surface area (Å²) in [4.78, 5) is 12.1. The highest BCUT2D eigenvalue weighted by molar-refractivity contribution is 5.92. The molecule has 1 aliphatic rings. The average Bonchev–Trinajstić information content (AvgIpc) is 2.40. The van der Waals surface area contributed by atoms with Crippen LogP contribution in [0.25, 0.3) is 0 Å². The number of rotatable bonds is 4. The van der Waals surface area contributed by atoms with Crippen LogP contribution in [-0.4, -0.2) is 18.6 Å². The van der Waals surface area contributed by atoms with Gasteiger partial charge in [0.2, 0.25) is 5.91 Å². The van der Waals surface area contributed by atoms with Crippen LogP contribution in [0.1, 0.15) is 25.7 Å². The molecule has 1 aromatic carbocycles. The fourth-order valence-corrected chi connectivity index (χ4v) is 2.43. The van der Waals surface area contributed by atoms with Gasteiger partial charge < -0.3 is 15.8 Å². The Kier molecular flexibility index (Phi) is 4.89. The van der Waals surface area contributed by atoms with Crippen molar-refractivity contribution in [2.24, 2.45) is 11.7 Å². The lowest BCUT2D eigenvalue weighted by Gasteiger charge is -2.25. The Labute approximate surface area is 116 Å². The molecule has 1 amide bonds. The molecule has 2 rings (SSSR count). The van der Waals surface area contributed by atoms with Gasteiger partial charge in [-0.3, -0.25) is 4.79 Å². The lowest BCUT2D eigenvalue weighted by molar-refractivity contribution is -0.120. The molecule has 0 radical (unpaired) electrons. The fourth-order valence-electron chi connectivity index (χ4n) is 2.43. The number of halogens is 2. The molecule has 1 aliphatic carbocycles. The molecule has 1 aromatic rings. The zero-order chi connectivity index (χ0) is 14.5. The normalized spacial score (nSPS) is 22.6. The van der Waals surface area contributed by atoms with Crippen molar-refractivity contribution in [1.82, 2.24) is 0 Å². The maximum Gasteiger partial charge on any atom is 0.387 e. The van der Waals surface area contributed by atoms with Crippen molar-refractivity contribution < 1.29 is 18.3 Å². The van der Waals surface area contributed by atoms with E-state index in [1.54, 1.807) is 12.1 Å². The van der Waals surface area contributed by atoms with Crippen LogP contribution in [0.4, 0.5) is 14.5 Å². The number of nitrogens with two attached hydrogens (primary N) is 1. The number of benzene rings is 1. The molecule has 110 valence electrons. The van der Waals surface area contributed by atoms with Crippen molar-refractivity contribution >= 4 is 11.6 Å². The topological polar surface area (TPSA) is 64.4 Å². The molecule has 4 nitrogen and oxygen atoms in total. The first kappa shape index (κ1) is 14.7. The SMILES string of the molecule is NC1CCCC(C(=O)Nc2ccc(OC(F)F)cc2)C1. The largest absolute Gasteiger partial charge is 0.435 e. The molecule has 6 heteroatoms. The second-order valence-electron chi connectivity index (χ2n) is 5.02. The number of carbonyl (C=O) groups excluding carboxylic acids is 1. The van der Waals surface area contributed by atoms with Crippen molar-refractivity contribution in [2.75, 3.05) is 5.32 Å². The molecule has 1 saturated carbocycles. The van der Waals surface area contributed by atoms with E-state index >= 15 is 0 Å². The van der Waals surface area contributed by atoms with Crippen LogP contribution in [0.5, 0.6) is 5.75 Å². The van der Waals surface area contributed by atoms with E-state index in [9.17, 15) is 13.6 Å².